The summed E-state index contributed by atoms with van der Waals surface area (Å²) in [6.07, 6.45) is 1.73. The summed E-state index contributed by atoms with van der Waals surface area (Å²) in [4.78, 5) is 21.0. The second-order valence-corrected chi connectivity index (χ2v) is 6.71. The van der Waals surface area contributed by atoms with Crippen LogP contribution in [0.5, 0.6) is 5.75 Å². The van der Waals surface area contributed by atoms with E-state index in [1.54, 1.807) is 36.6 Å². The van der Waals surface area contributed by atoms with Gasteiger partial charge in [0.05, 0.1) is 23.5 Å². The second kappa shape index (κ2) is 8.75. The number of thiazole rings is 1. The zero-order valence-corrected chi connectivity index (χ0v) is 14.9. The van der Waals surface area contributed by atoms with Gasteiger partial charge in [-0.1, -0.05) is 0 Å². The van der Waals surface area contributed by atoms with Gasteiger partial charge in [0.1, 0.15) is 5.75 Å². The molecule has 0 aliphatic heterocycles. The minimum Gasteiger partial charge on any atom is -0.492 e. The van der Waals surface area contributed by atoms with Crippen LogP contribution < -0.4 is 4.74 Å². The predicted molar refractivity (Wildman–Crippen MR) is 91.8 cm³/mol. The summed E-state index contributed by atoms with van der Waals surface area (Å²) in [5.74, 6) is -0.320. The second-order valence-electron chi connectivity index (χ2n) is 5.31. The number of rotatable bonds is 9. The monoisotopic (exact) mass is 350 g/mol. The van der Waals surface area contributed by atoms with Crippen LogP contribution in [0, 0.1) is 13.8 Å². The van der Waals surface area contributed by atoms with Crippen molar-refractivity contribution in [3.8, 4) is 5.75 Å². The maximum absolute atomic E-state index is 11.1. The normalized spacial score (nSPS) is 12.1. The maximum atomic E-state index is 11.1. The lowest BCUT2D eigenvalue weighted by atomic mass is 10.2. The lowest BCUT2D eigenvalue weighted by Crippen LogP contribution is -2.26. The molecule has 0 radical (unpaired) electrons. The molecule has 1 N–H and O–H groups in total. The fourth-order valence-electron chi connectivity index (χ4n) is 2.30. The lowest BCUT2D eigenvalue weighted by molar-refractivity contribution is -0.150. The number of carboxylic acids is 1. The molecule has 2 heterocycles. The molecule has 0 aliphatic carbocycles. The van der Waals surface area contributed by atoms with Crippen molar-refractivity contribution in [1.82, 2.24) is 9.97 Å². The largest absolute Gasteiger partial charge is 0.492 e. The van der Waals surface area contributed by atoms with Gasteiger partial charge >= 0.3 is 5.97 Å². The minimum absolute atomic E-state index is 0.237. The molecule has 1 unspecified atom stereocenters. The van der Waals surface area contributed by atoms with Crippen molar-refractivity contribution in [2.75, 3.05) is 13.2 Å². The third kappa shape index (κ3) is 5.28. The van der Waals surface area contributed by atoms with Gasteiger partial charge in [-0.25, -0.2) is 9.78 Å². The van der Waals surface area contributed by atoms with Gasteiger partial charge in [0.2, 0.25) is 0 Å². The number of nitrogens with zero attached hydrogens (tertiary/aromatic N) is 2. The molecule has 130 valence electrons. The number of aryl methyl sites for hydroxylation is 2. The molecule has 0 aliphatic rings. The minimum atomic E-state index is -0.979. The molecule has 2 aromatic heterocycles. The van der Waals surface area contributed by atoms with Crippen LogP contribution in [0.1, 0.15) is 28.2 Å². The van der Waals surface area contributed by atoms with E-state index in [0.29, 0.717) is 24.7 Å². The number of hydrogen-bond acceptors (Lipinski definition) is 6. The zero-order valence-electron chi connectivity index (χ0n) is 14.1. The average Bonchev–Trinajstić information content (AvgIpc) is 2.86. The molecule has 1 atom stereocenters. The number of carboxylic acid groups (broad SMARTS) is 1. The molecule has 0 aromatic carbocycles. The average molecular weight is 350 g/mol. The van der Waals surface area contributed by atoms with E-state index in [2.05, 4.69) is 16.9 Å². The highest BCUT2D eigenvalue weighted by molar-refractivity contribution is 7.11. The van der Waals surface area contributed by atoms with Crippen LogP contribution in [-0.4, -0.2) is 40.4 Å². The number of hydrogen-bond donors (Lipinski definition) is 1. The Kier molecular flexibility index (Phi) is 6.69. The highest BCUT2D eigenvalue weighted by atomic mass is 32.1. The predicted octanol–water partition coefficient (Wildman–Crippen LogP) is 2.81. The highest BCUT2D eigenvalue weighted by Crippen LogP contribution is 2.17. The van der Waals surface area contributed by atoms with Crippen LogP contribution >= 0.6 is 11.3 Å². The third-order valence-electron chi connectivity index (χ3n) is 3.44. The standard InChI is InChI=1S/C17H22N2O4S/c1-4-22-16(17(20)21)9-13-5-6-14(10-18-13)23-8-7-15-11(2)24-12(3)19-15/h5-6,10,16H,4,7-9H2,1-3H3,(H,20,21). The summed E-state index contributed by atoms with van der Waals surface area (Å²) in [5.41, 5.74) is 1.73. The Morgan fingerprint density at radius 1 is 1.38 bits per heavy atom. The van der Waals surface area contributed by atoms with Crippen LogP contribution in [0.2, 0.25) is 0 Å². The molecule has 0 bridgehead atoms. The van der Waals surface area contributed by atoms with E-state index in [-0.39, 0.29) is 6.42 Å². The maximum Gasteiger partial charge on any atom is 0.333 e. The third-order valence-corrected chi connectivity index (χ3v) is 4.37. The highest BCUT2D eigenvalue weighted by Gasteiger charge is 2.18. The van der Waals surface area contributed by atoms with Gasteiger partial charge in [-0.15, -0.1) is 11.3 Å². The van der Waals surface area contributed by atoms with E-state index in [9.17, 15) is 4.79 Å². The van der Waals surface area contributed by atoms with E-state index in [1.807, 2.05) is 6.92 Å². The Morgan fingerprint density at radius 2 is 2.17 bits per heavy atom. The van der Waals surface area contributed by atoms with E-state index >= 15 is 0 Å². The molecule has 0 fully saturated rings. The first-order valence-electron chi connectivity index (χ1n) is 7.84. The Balaban J connectivity index is 1.85. The smallest absolute Gasteiger partial charge is 0.333 e. The van der Waals surface area contributed by atoms with E-state index in [0.717, 1.165) is 17.1 Å². The molecule has 0 amide bonds. The fourth-order valence-corrected chi connectivity index (χ4v) is 3.16. The van der Waals surface area contributed by atoms with Crippen LogP contribution in [0.25, 0.3) is 0 Å². The quantitative estimate of drug-likeness (QED) is 0.749. The molecule has 2 rings (SSSR count). The lowest BCUT2D eigenvalue weighted by Gasteiger charge is -2.12. The van der Waals surface area contributed by atoms with Crippen molar-refractivity contribution in [3.63, 3.8) is 0 Å². The molecule has 2 aromatic rings. The summed E-state index contributed by atoms with van der Waals surface area (Å²) in [5, 5.41) is 10.2. The van der Waals surface area contributed by atoms with E-state index < -0.39 is 12.1 Å². The fraction of sp³-hybridized carbons (Fsp3) is 0.471. The molecular formula is C17H22N2O4S. The molecule has 24 heavy (non-hydrogen) atoms. The summed E-state index contributed by atoms with van der Waals surface area (Å²) in [6, 6.07) is 3.56. The summed E-state index contributed by atoms with van der Waals surface area (Å²) < 4.78 is 10.9. The van der Waals surface area contributed by atoms with Crippen molar-refractivity contribution in [3.05, 3.63) is 39.6 Å². The van der Waals surface area contributed by atoms with Gasteiger partial charge in [-0.05, 0) is 32.9 Å². The first-order valence-corrected chi connectivity index (χ1v) is 8.66. The molecule has 0 saturated heterocycles. The first kappa shape index (κ1) is 18.4. The van der Waals surface area contributed by atoms with Crippen LogP contribution in [0.15, 0.2) is 18.3 Å². The van der Waals surface area contributed by atoms with Gasteiger partial charge in [-0.3, -0.25) is 4.98 Å². The van der Waals surface area contributed by atoms with Crippen molar-refractivity contribution in [2.24, 2.45) is 0 Å². The van der Waals surface area contributed by atoms with Crippen LogP contribution in [-0.2, 0) is 22.4 Å². The number of carbonyl (C=O) groups is 1. The Labute approximate surface area is 145 Å². The van der Waals surface area contributed by atoms with Gasteiger partial charge in [0.25, 0.3) is 0 Å². The Morgan fingerprint density at radius 3 is 2.71 bits per heavy atom. The van der Waals surface area contributed by atoms with Gasteiger partial charge in [0, 0.05) is 30.0 Å². The Hall–Kier alpha value is -1.99. The summed E-state index contributed by atoms with van der Waals surface area (Å²) >= 11 is 1.69. The SMILES string of the molecule is CCOC(Cc1ccc(OCCc2nc(C)sc2C)cn1)C(=O)O. The molecular weight excluding hydrogens is 328 g/mol. The van der Waals surface area contributed by atoms with Crippen LogP contribution in [0.4, 0.5) is 0 Å². The molecule has 6 nitrogen and oxygen atoms in total. The first-order chi connectivity index (χ1) is 11.5. The van der Waals surface area contributed by atoms with Crippen LogP contribution in [0.3, 0.4) is 0 Å². The zero-order chi connectivity index (χ0) is 17.5. The summed E-state index contributed by atoms with van der Waals surface area (Å²) in [7, 11) is 0. The van der Waals surface area contributed by atoms with Crippen molar-refractivity contribution < 1.29 is 19.4 Å². The molecule has 7 heteroatoms. The van der Waals surface area contributed by atoms with Crippen molar-refractivity contribution in [1.29, 1.82) is 0 Å². The topological polar surface area (TPSA) is 81.5 Å². The Bertz CT molecular complexity index is 670. The number of aromatic nitrogens is 2. The number of ether oxygens (including phenoxy) is 2. The number of pyridine rings is 1. The van der Waals surface area contributed by atoms with Gasteiger partial charge < -0.3 is 14.6 Å². The van der Waals surface area contributed by atoms with Gasteiger partial charge in [-0.2, -0.15) is 0 Å². The van der Waals surface area contributed by atoms with E-state index in [4.69, 9.17) is 14.6 Å². The van der Waals surface area contributed by atoms with Gasteiger partial charge in [0.15, 0.2) is 6.10 Å². The van der Waals surface area contributed by atoms with E-state index in [1.165, 1.54) is 4.88 Å². The van der Waals surface area contributed by atoms with Crippen molar-refractivity contribution >= 4 is 17.3 Å². The summed E-state index contributed by atoms with van der Waals surface area (Å²) in [6.45, 7) is 6.71. The molecule has 0 saturated carbocycles. The van der Waals surface area contributed by atoms with Crippen molar-refractivity contribution in [2.45, 2.75) is 39.7 Å². The number of aliphatic carboxylic acids is 1. The molecule has 0 spiro atoms.